The minimum absolute atomic E-state index is 0.123. The van der Waals surface area contributed by atoms with E-state index in [0.717, 1.165) is 24.8 Å². The van der Waals surface area contributed by atoms with Gasteiger partial charge in [-0.15, -0.1) is 0 Å². The van der Waals surface area contributed by atoms with Crippen molar-refractivity contribution in [3.8, 4) is 0 Å². The van der Waals surface area contributed by atoms with Crippen molar-refractivity contribution in [3.63, 3.8) is 0 Å². The van der Waals surface area contributed by atoms with Crippen molar-refractivity contribution in [1.29, 1.82) is 0 Å². The smallest absolute Gasteiger partial charge is 0.301 e. The molecule has 112 valence electrons. The number of anilines is 1. The molecule has 1 atom stereocenters. The first kappa shape index (κ1) is 15.6. The van der Waals surface area contributed by atoms with Gasteiger partial charge in [-0.05, 0) is 37.5 Å². The van der Waals surface area contributed by atoms with Crippen LogP contribution >= 0.6 is 11.6 Å². The fraction of sp³-hybridized carbons (Fsp3) is 0.538. The van der Waals surface area contributed by atoms with Crippen LogP contribution < -0.4 is 10.5 Å². The molecule has 7 heteroatoms. The Labute approximate surface area is 125 Å². The first-order chi connectivity index (χ1) is 9.44. The summed E-state index contributed by atoms with van der Waals surface area (Å²) in [4.78, 5) is 0. The molecule has 1 fully saturated rings. The molecule has 0 spiro atoms. The number of aryl methyl sites for hydroxylation is 1. The van der Waals surface area contributed by atoms with Crippen LogP contribution in [0.3, 0.4) is 0 Å². The van der Waals surface area contributed by atoms with Crippen LogP contribution in [-0.2, 0) is 10.2 Å². The number of nitrogens with two attached hydrogens (primary N) is 1. The van der Waals surface area contributed by atoms with Crippen molar-refractivity contribution in [2.24, 2.45) is 5.73 Å². The maximum Gasteiger partial charge on any atom is 0.301 e. The summed E-state index contributed by atoms with van der Waals surface area (Å²) in [5.41, 5.74) is 7.06. The van der Waals surface area contributed by atoms with Gasteiger partial charge in [-0.2, -0.15) is 12.7 Å². The topological polar surface area (TPSA) is 75.4 Å². The molecule has 0 bridgehead atoms. The second kappa shape index (κ2) is 6.30. The number of nitrogens with one attached hydrogen (secondary N) is 1. The Morgan fingerprint density at radius 2 is 2.20 bits per heavy atom. The van der Waals surface area contributed by atoms with Crippen LogP contribution in [0, 0.1) is 6.92 Å². The SMILES string of the molecule is Cc1ccc(NS(=O)(=O)N2CCCCC2CN)cc1Cl. The molecule has 1 aromatic carbocycles. The van der Waals surface area contributed by atoms with E-state index in [9.17, 15) is 8.42 Å². The fourth-order valence-electron chi connectivity index (χ4n) is 2.39. The molecular weight excluding hydrogens is 298 g/mol. The van der Waals surface area contributed by atoms with Crippen molar-refractivity contribution in [1.82, 2.24) is 4.31 Å². The standard InChI is InChI=1S/C13H20ClN3O2S/c1-10-5-6-11(8-13(10)14)16-20(18,19)17-7-3-2-4-12(17)9-15/h5-6,8,12,16H,2-4,7,9,15H2,1H3. The molecule has 2 rings (SSSR count). The van der Waals surface area contributed by atoms with E-state index < -0.39 is 10.2 Å². The zero-order chi connectivity index (χ0) is 14.8. The molecule has 20 heavy (non-hydrogen) atoms. The lowest BCUT2D eigenvalue weighted by Crippen LogP contribution is -2.49. The van der Waals surface area contributed by atoms with E-state index >= 15 is 0 Å². The number of hydrogen-bond donors (Lipinski definition) is 2. The van der Waals surface area contributed by atoms with Crippen LogP contribution in [0.4, 0.5) is 5.69 Å². The summed E-state index contributed by atoms with van der Waals surface area (Å²) < 4.78 is 28.9. The van der Waals surface area contributed by atoms with Crippen LogP contribution in [0.1, 0.15) is 24.8 Å². The lowest BCUT2D eigenvalue weighted by Gasteiger charge is -2.33. The average Bonchev–Trinajstić information content (AvgIpc) is 2.42. The zero-order valence-corrected chi connectivity index (χ0v) is 13.0. The number of halogens is 1. The predicted molar refractivity (Wildman–Crippen MR) is 82.1 cm³/mol. The molecule has 0 amide bonds. The number of hydrogen-bond acceptors (Lipinski definition) is 3. The van der Waals surface area contributed by atoms with Crippen LogP contribution in [-0.4, -0.2) is 31.9 Å². The van der Waals surface area contributed by atoms with Gasteiger partial charge in [-0.3, -0.25) is 4.72 Å². The van der Waals surface area contributed by atoms with Crippen LogP contribution in [0.2, 0.25) is 5.02 Å². The molecule has 1 saturated heterocycles. The molecular formula is C13H20ClN3O2S. The van der Waals surface area contributed by atoms with Gasteiger partial charge < -0.3 is 5.73 Å². The summed E-state index contributed by atoms with van der Waals surface area (Å²) in [6, 6.07) is 4.99. The molecule has 1 unspecified atom stereocenters. The second-order valence-electron chi connectivity index (χ2n) is 5.07. The summed E-state index contributed by atoms with van der Waals surface area (Å²) in [5.74, 6) is 0. The molecule has 0 radical (unpaired) electrons. The third-order valence-electron chi connectivity index (χ3n) is 3.57. The van der Waals surface area contributed by atoms with E-state index in [-0.39, 0.29) is 6.04 Å². The van der Waals surface area contributed by atoms with E-state index in [1.807, 2.05) is 6.92 Å². The summed E-state index contributed by atoms with van der Waals surface area (Å²) >= 11 is 6.02. The molecule has 1 aliphatic rings. The molecule has 1 aromatic rings. The van der Waals surface area contributed by atoms with Crippen molar-refractivity contribution in [3.05, 3.63) is 28.8 Å². The maximum atomic E-state index is 12.4. The Kier molecular flexibility index (Phi) is 4.90. The maximum absolute atomic E-state index is 12.4. The highest BCUT2D eigenvalue weighted by Gasteiger charge is 2.31. The zero-order valence-electron chi connectivity index (χ0n) is 11.5. The van der Waals surface area contributed by atoms with Gasteiger partial charge in [0.1, 0.15) is 0 Å². The van der Waals surface area contributed by atoms with E-state index in [1.165, 1.54) is 4.31 Å². The number of nitrogens with zero attached hydrogens (tertiary/aromatic N) is 1. The second-order valence-corrected chi connectivity index (χ2v) is 7.10. The third-order valence-corrected chi connectivity index (χ3v) is 5.57. The highest BCUT2D eigenvalue weighted by atomic mass is 35.5. The highest BCUT2D eigenvalue weighted by molar-refractivity contribution is 7.90. The van der Waals surface area contributed by atoms with E-state index in [0.29, 0.717) is 23.8 Å². The van der Waals surface area contributed by atoms with Crippen LogP contribution in [0.15, 0.2) is 18.2 Å². The Hall–Kier alpha value is -0.820. The molecule has 5 nitrogen and oxygen atoms in total. The Morgan fingerprint density at radius 3 is 2.85 bits per heavy atom. The van der Waals surface area contributed by atoms with Crippen molar-refractivity contribution in [2.45, 2.75) is 32.2 Å². The summed E-state index contributed by atoms with van der Waals surface area (Å²) in [5, 5.41) is 0.541. The Balaban J connectivity index is 2.19. The molecule has 1 heterocycles. The molecule has 0 aliphatic carbocycles. The van der Waals surface area contributed by atoms with Gasteiger partial charge in [-0.1, -0.05) is 24.1 Å². The summed E-state index contributed by atoms with van der Waals surface area (Å²) in [6.45, 7) is 2.72. The third kappa shape index (κ3) is 3.44. The van der Waals surface area contributed by atoms with E-state index in [2.05, 4.69) is 4.72 Å². The lowest BCUT2D eigenvalue weighted by atomic mass is 10.1. The summed E-state index contributed by atoms with van der Waals surface area (Å²) in [7, 11) is -3.58. The van der Waals surface area contributed by atoms with Gasteiger partial charge in [0.05, 0.1) is 5.69 Å². The fourth-order valence-corrected chi connectivity index (χ4v) is 4.07. The minimum Gasteiger partial charge on any atom is -0.329 e. The monoisotopic (exact) mass is 317 g/mol. The Bertz CT molecular complexity index is 577. The van der Waals surface area contributed by atoms with Gasteiger partial charge in [-0.25, -0.2) is 0 Å². The molecule has 1 aliphatic heterocycles. The molecule has 0 saturated carbocycles. The van der Waals surface area contributed by atoms with Crippen molar-refractivity contribution >= 4 is 27.5 Å². The van der Waals surface area contributed by atoms with Gasteiger partial charge in [0.25, 0.3) is 0 Å². The van der Waals surface area contributed by atoms with E-state index in [1.54, 1.807) is 18.2 Å². The van der Waals surface area contributed by atoms with Gasteiger partial charge >= 0.3 is 10.2 Å². The largest absolute Gasteiger partial charge is 0.329 e. The van der Waals surface area contributed by atoms with Crippen molar-refractivity contribution in [2.75, 3.05) is 17.8 Å². The first-order valence-corrected chi connectivity index (χ1v) is 8.51. The number of rotatable bonds is 4. The average molecular weight is 318 g/mol. The van der Waals surface area contributed by atoms with Gasteiger partial charge in [0.15, 0.2) is 0 Å². The van der Waals surface area contributed by atoms with Crippen LogP contribution in [0.5, 0.6) is 0 Å². The minimum atomic E-state index is -3.58. The molecule has 0 aromatic heterocycles. The number of benzene rings is 1. The summed E-state index contributed by atoms with van der Waals surface area (Å²) in [6.07, 6.45) is 2.70. The normalized spacial score (nSPS) is 20.9. The van der Waals surface area contributed by atoms with Gasteiger partial charge in [0, 0.05) is 24.2 Å². The molecule has 3 N–H and O–H groups in total. The quantitative estimate of drug-likeness (QED) is 0.893. The Morgan fingerprint density at radius 1 is 1.45 bits per heavy atom. The highest BCUT2D eigenvalue weighted by Crippen LogP contribution is 2.24. The predicted octanol–water partition coefficient (Wildman–Crippen LogP) is 2.12. The lowest BCUT2D eigenvalue weighted by molar-refractivity contribution is 0.259. The van der Waals surface area contributed by atoms with Gasteiger partial charge in [0.2, 0.25) is 0 Å². The van der Waals surface area contributed by atoms with Crippen LogP contribution in [0.25, 0.3) is 0 Å². The first-order valence-electron chi connectivity index (χ1n) is 6.70. The van der Waals surface area contributed by atoms with E-state index in [4.69, 9.17) is 17.3 Å². The van der Waals surface area contributed by atoms with Crippen molar-refractivity contribution < 1.29 is 8.42 Å². The number of piperidine rings is 1.